The molecule has 0 aliphatic rings. The SMILES string of the molecule is CC(=O)NCC(O)C(O)c1ccc(C#N)cc1[N+](=O)[O-]. The Labute approximate surface area is 114 Å². The number of amides is 1. The summed E-state index contributed by atoms with van der Waals surface area (Å²) in [7, 11) is 0. The number of nitriles is 1. The van der Waals surface area contributed by atoms with Gasteiger partial charge in [0.15, 0.2) is 0 Å². The minimum absolute atomic E-state index is 0.0731. The van der Waals surface area contributed by atoms with Crippen molar-refractivity contribution < 1.29 is 19.9 Å². The predicted molar refractivity (Wildman–Crippen MR) is 67.5 cm³/mol. The zero-order valence-corrected chi connectivity index (χ0v) is 10.6. The molecule has 0 spiro atoms. The quantitative estimate of drug-likeness (QED) is 0.512. The average Bonchev–Trinajstić information content (AvgIpc) is 2.43. The molecule has 0 fully saturated rings. The molecule has 1 aromatic carbocycles. The third kappa shape index (κ3) is 3.74. The normalized spacial score (nSPS) is 13.1. The highest BCUT2D eigenvalue weighted by Gasteiger charge is 2.26. The largest absolute Gasteiger partial charge is 0.388 e. The van der Waals surface area contributed by atoms with E-state index in [0.717, 1.165) is 6.07 Å². The molecule has 0 saturated heterocycles. The van der Waals surface area contributed by atoms with Crippen molar-refractivity contribution in [1.82, 2.24) is 5.32 Å². The molecule has 106 valence electrons. The van der Waals surface area contributed by atoms with E-state index in [1.54, 1.807) is 6.07 Å². The van der Waals surface area contributed by atoms with E-state index in [1.807, 2.05) is 0 Å². The number of nitrogens with one attached hydrogen (secondary N) is 1. The molecule has 3 N–H and O–H groups in total. The number of benzene rings is 1. The molecule has 8 nitrogen and oxygen atoms in total. The monoisotopic (exact) mass is 279 g/mol. The first kappa shape index (κ1) is 15.6. The summed E-state index contributed by atoms with van der Waals surface area (Å²) in [6.07, 6.45) is -2.94. The number of aliphatic hydroxyl groups is 2. The summed E-state index contributed by atoms with van der Waals surface area (Å²) in [4.78, 5) is 20.9. The van der Waals surface area contributed by atoms with Gasteiger partial charge < -0.3 is 15.5 Å². The lowest BCUT2D eigenvalue weighted by atomic mass is 10.0. The number of carbonyl (C=O) groups is 1. The zero-order valence-electron chi connectivity index (χ0n) is 10.6. The maximum absolute atomic E-state index is 10.9. The van der Waals surface area contributed by atoms with Crippen LogP contribution in [-0.4, -0.2) is 33.7 Å². The van der Waals surface area contributed by atoms with Crippen LogP contribution >= 0.6 is 0 Å². The van der Waals surface area contributed by atoms with Crippen molar-refractivity contribution in [2.45, 2.75) is 19.1 Å². The number of hydrogen-bond donors (Lipinski definition) is 3. The summed E-state index contributed by atoms with van der Waals surface area (Å²) in [5, 5.41) is 41.5. The molecule has 1 aromatic rings. The van der Waals surface area contributed by atoms with Crippen LogP contribution < -0.4 is 5.32 Å². The van der Waals surface area contributed by atoms with Gasteiger partial charge in [0, 0.05) is 19.5 Å². The second kappa shape index (κ2) is 6.60. The summed E-state index contributed by atoms with van der Waals surface area (Å²) in [5.41, 5.74) is -0.505. The molecule has 1 amide bonds. The van der Waals surface area contributed by atoms with Gasteiger partial charge in [0.25, 0.3) is 5.69 Å². The van der Waals surface area contributed by atoms with Gasteiger partial charge in [-0.05, 0) is 12.1 Å². The van der Waals surface area contributed by atoms with Crippen LogP contribution in [0.3, 0.4) is 0 Å². The molecule has 0 radical (unpaired) electrons. The molecular weight excluding hydrogens is 266 g/mol. The van der Waals surface area contributed by atoms with Crippen molar-refractivity contribution in [1.29, 1.82) is 5.26 Å². The molecule has 20 heavy (non-hydrogen) atoms. The maximum Gasteiger partial charge on any atom is 0.276 e. The molecule has 0 aliphatic heterocycles. The maximum atomic E-state index is 10.9. The number of nitro benzene ring substituents is 1. The van der Waals surface area contributed by atoms with Gasteiger partial charge in [-0.25, -0.2) is 0 Å². The van der Waals surface area contributed by atoms with E-state index < -0.39 is 28.7 Å². The van der Waals surface area contributed by atoms with E-state index in [-0.39, 0.29) is 17.7 Å². The highest BCUT2D eigenvalue weighted by atomic mass is 16.6. The van der Waals surface area contributed by atoms with Crippen LogP contribution in [0.1, 0.15) is 24.2 Å². The zero-order chi connectivity index (χ0) is 15.3. The molecular formula is C12H13N3O5. The van der Waals surface area contributed by atoms with Crippen molar-refractivity contribution in [3.63, 3.8) is 0 Å². The van der Waals surface area contributed by atoms with Gasteiger partial charge in [-0.2, -0.15) is 5.26 Å². The molecule has 0 aromatic heterocycles. The van der Waals surface area contributed by atoms with Crippen molar-refractivity contribution >= 4 is 11.6 Å². The van der Waals surface area contributed by atoms with Crippen LogP contribution in [0.5, 0.6) is 0 Å². The number of nitrogens with zero attached hydrogens (tertiary/aromatic N) is 2. The smallest absolute Gasteiger partial charge is 0.276 e. The fourth-order valence-corrected chi connectivity index (χ4v) is 1.59. The van der Waals surface area contributed by atoms with E-state index in [0.29, 0.717) is 0 Å². The van der Waals surface area contributed by atoms with E-state index in [9.17, 15) is 25.1 Å². The number of carbonyl (C=O) groups excluding carboxylic acids is 1. The Bertz CT molecular complexity index is 567. The summed E-state index contributed by atoms with van der Waals surface area (Å²) in [6.45, 7) is 0.997. The number of aliphatic hydroxyl groups excluding tert-OH is 2. The number of hydrogen-bond acceptors (Lipinski definition) is 6. The molecule has 1 rings (SSSR count). The Hall–Kier alpha value is -2.50. The van der Waals surface area contributed by atoms with Crippen LogP contribution in [0.2, 0.25) is 0 Å². The van der Waals surface area contributed by atoms with Crippen LogP contribution in [0.25, 0.3) is 0 Å². The Morgan fingerprint density at radius 2 is 2.20 bits per heavy atom. The minimum atomic E-state index is -1.55. The van der Waals surface area contributed by atoms with Gasteiger partial charge in [-0.3, -0.25) is 14.9 Å². The summed E-state index contributed by atoms with van der Waals surface area (Å²) in [6, 6.07) is 5.28. The Morgan fingerprint density at radius 3 is 2.70 bits per heavy atom. The van der Waals surface area contributed by atoms with E-state index in [2.05, 4.69) is 5.32 Å². The Morgan fingerprint density at radius 1 is 1.55 bits per heavy atom. The van der Waals surface area contributed by atoms with Gasteiger partial charge in [0.05, 0.1) is 22.1 Å². The summed E-state index contributed by atoms with van der Waals surface area (Å²) < 4.78 is 0. The Balaban J connectivity index is 3.03. The van der Waals surface area contributed by atoms with Crippen molar-refractivity contribution in [2.75, 3.05) is 6.54 Å². The van der Waals surface area contributed by atoms with Gasteiger partial charge in [-0.1, -0.05) is 0 Å². The topological polar surface area (TPSA) is 136 Å². The average molecular weight is 279 g/mol. The van der Waals surface area contributed by atoms with Gasteiger partial charge in [-0.15, -0.1) is 0 Å². The van der Waals surface area contributed by atoms with Crippen LogP contribution in [0.15, 0.2) is 18.2 Å². The van der Waals surface area contributed by atoms with Gasteiger partial charge >= 0.3 is 0 Å². The van der Waals surface area contributed by atoms with Crippen LogP contribution in [-0.2, 0) is 4.79 Å². The second-order valence-corrected chi connectivity index (χ2v) is 4.09. The molecule has 2 atom stereocenters. The first-order chi connectivity index (χ1) is 9.36. The lowest BCUT2D eigenvalue weighted by Gasteiger charge is -2.18. The molecule has 0 aliphatic carbocycles. The predicted octanol–water partition coefficient (Wildman–Crippen LogP) is -0.00312. The van der Waals surface area contributed by atoms with Crippen LogP contribution in [0, 0.1) is 21.4 Å². The summed E-state index contributed by atoms with van der Waals surface area (Å²) in [5.74, 6) is -0.398. The van der Waals surface area contributed by atoms with Crippen LogP contribution in [0.4, 0.5) is 5.69 Å². The summed E-state index contributed by atoms with van der Waals surface area (Å²) >= 11 is 0. The molecule has 2 unspecified atom stereocenters. The molecule has 8 heteroatoms. The van der Waals surface area contributed by atoms with Crippen molar-refractivity contribution in [3.05, 3.63) is 39.4 Å². The first-order valence-electron chi connectivity index (χ1n) is 5.65. The van der Waals surface area contributed by atoms with Crippen molar-refractivity contribution in [3.8, 4) is 6.07 Å². The minimum Gasteiger partial charge on any atom is -0.388 e. The second-order valence-electron chi connectivity index (χ2n) is 4.09. The van der Waals surface area contributed by atoms with Crippen molar-refractivity contribution in [2.24, 2.45) is 0 Å². The fourth-order valence-electron chi connectivity index (χ4n) is 1.59. The molecule has 0 saturated carbocycles. The standard InChI is InChI=1S/C12H13N3O5/c1-7(16)14-6-11(17)12(18)9-3-2-8(5-13)4-10(9)15(19)20/h2-4,11-12,17-18H,6H2,1H3,(H,14,16). The lowest BCUT2D eigenvalue weighted by molar-refractivity contribution is -0.386. The highest BCUT2D eigenvalue weighted by molar-refractivity contribution is 5.72. The number of nitro groups is 1. The van der Waals surface area contributed by atoms with E-state index in [4.69, 9.17) is 5.26 Å². The van der Waals surface area contributed by atoms with Gasteiger partial charge in [0.1, 0.15) is 12.2 Å². The third-order valence-corrected chi connectivity index (χ3v) is 2.60. The third-order valence-electron chi connectivity index (χ3n) is 2.60. The molecule has 0 heterocycles. The van der Waals surface area contributed by atoms with Gasteiger partial charge in [0.2, 0.25) is 5.91 Å². The number of rotatable bonds is 5. The Kier molecular flexibility index (Phi) is 5.14. The van der Waals surface area contributed by atoms with E-state index >= 15 is 0 Å². The highest BCUT2D eigenvalue weighted by Crippen LogP contribution is 2.28. The first-order valence-corrected chi connectivity index (χ1v) is 5.65. The van der Waals surface area contributed by atoms with E-state index in [1.165, 1.54) is 19.1 Å². The fraction of sp³-hybridized carbons (Fsp3) is 0.333. The molecule has 0 bridgehead atoms. The lowest BCUT2D eigenvalue weighted by Crippen LogP contribution is -2.34.